The van der Waals surface area contributed by atoms with Crippen molar-refractivity contribution in [3.63, 3.8) is 0 Å². The van der Waals surface area contributed by atoms with Crippen LogP contribution in [0.3, 0.4) is 0 Å². The molecular formula is C8H9NO3S. The van der Waals surface area contributed by atoms with Crippen LogP contribution in [-0.4, -0.2) is 14.3 Å². The quantitative estimate of drug-likeness (QED) is 0.624. The smallest absolute Gasteiger partial charge is 0.266 e. The number of nitrogens with one attached hydrogen (secondary N) is 1. The fraction of sp³-hybridized carbons (Fsp3) is 0.125. The number of carbonyl (C=O) groups is 1. The second kappa shape index (κ2) is 3.18. The number of rotatable bonds is 1. The maximum absolute atomic E-state index is 11.2. The molecule has 1 amide bonds. The van der Waals surface area contributed by atoms with E-state index in [1.54, 1.807) is 6.92 Å². The Bertz CT molecular complexity index is 415. The van der Waals surface area contributed by atoms with Crippen molar-refractivity contribution in [2.45, 2.75) is 6.92 Å². The molecule has 1 heterocycles. The maximum atomic E-state index is 11.2. The lowest BCUT2D eigenvalue weighted by Gasteiger charge is -1.92. The van der Waals surface area contributed by atoms with Crippen molar-refractivity contribution in [2.75, 3.05) is 0 Å². The highest BCUT2D eigenvalue weighted by Crippen LogP contribution is 2.23. The number of carbonyl (C=O) groups excluding carboxylic acids is 1. The van der Waals surface area contributed by atoms with Gasteiger partial charge in [-0.15, -0.1) is 0 Å². The fourth-order valence-electron chi connectivity index (χ4n) is 1.07. The Morgan fingerprint density at radius 1 is 1.46 bits per heavy atom. The van der Waals surface area contributed by atoms with Gasteiger partial charge < -0.3 is 0 Å². The molecular weight excluding hydrogens is 190 g/mol. The van der Waals surface area contributed by atoms with Gasteiger partial charge in [0, 0.05) is 0 Å². The largest absolute Gasteiger partial charge is 0.268 e. The fourth-order valence-corrected chi connectivity index (χ4v) is 2.30. The number of sulfonamides is 1. The first kappa shape index (κ1) is 9.73. The summed E-state index contributed by atoms with van der Waals surface area (Å²) >= 11 is 0. The number of amides is 1. The molecule has 4 nitrogen and oxygen atoms in total. The van der Waals surface area contributed by atoms with E-state index in [0.717, 1.165) is 0 Å². The third-order valence-corrected chi connectivity index (χ3v) is 3.06. The normalized spacial score (nSPS) is 26.4. The molecule has 0 aromatic heterocycles. The molecule has 0 radical (unpaired) electrons. The minimum Gasteiger partial charge on any atom is -0.268 e. The average Bonchev–Trinajstić information content (AvgIpc) is 2.22. The Morgan fingerprint density at radius 3 is 2.54 bits per heavy atom. The van der Waals surface area contributed by atoms with E-state index in [4.69, 9.17) is 0 Å². The Labute approximate surface area is 76.7 Å². The first-order chi connectivity index (χ1) is 6.03. The van der Waals surface area contributed by atoms with Crippen molar-refractivity contribution in [3.8, 4) is 0 Å². The topological polar surface area (TPSA) is 63.2 Å². The predicted molar refractivity (Wildman–Crippen MR) is 49.1 cm³/mol. The third-order valence-electron chi connectivity index (χ3n) is 1.57. The molecule has 0 aromatic carbocycles. The van der Waals surface area contributed by atoms with Crippen LogP contribution in [0.1, 0.15) is 6.92 Å². The van der Waals surface area contributed by atoms with Crippen molar-refractivity contribution in [1.82, 2.24) is 4.72 Å². The van der Waals surface area contributed by atoms with Crippen molar-refractivity contribution in [3.05, 3.63) is 35.3 Å². The molecule has 70 valence electrons. The monoisotopic (exact) mass is 199 g/mol. The van der Waals surface area contributed by atoms with Gasteiger partial charge in [-0.25, -0.2) is 13.1 Å². The Morgan fingerprint density at radius 2 is 2.08 bits per heavy atom. The average molecular weight is 199 g/mol. The molecule has 1 saturated heterocycles. The van der Waals surface area contributed by atoms with Crippen LogP contribution in [0, 0.1) is 0 Å². The standard InChI is InChI=1S/C8H9NO3S/c1-3-5-6-7(4-2)13(11,12)9-8(6)10/h3-5H,1H2,2H3,(H,9,10)/b6-5+,7-4+. The Balaban J connectivity index is 3.37. The van der Waals surface area contributed by atoms with Crippen LogP contribution in [0.5, 0.6) is 0 Å². The zero-order chi connectivity index (χ0) is 10.1. The first-order valence-electron chi connectivity index (χ1n) is 3.59. The lowest BCUT2D eigenvalue weighted by atomic mass is 10.2. The van der Waals surface area contributed by atoms with Gasteiger partial charge in [-0.3, -0.25) is 4.79 Å². The molecule has 0 saturated carbocycles. The molecule has 0 unspecified atom stereocenters. The highest BCUT2D eigenvalue weighted by molar-refractivity contribution is 7.95. The van der Waals surface area contributed by atoms with Crippen LogP contribution in [-0.2, 0) is 14.8 Å². The van der Waals surface area contributed by atoms with E-state index in [9.17, 15) is 13.2 Å². The maximum Gasteiger partial charge on any atom is 0.266 e. The summed E-state index contributed by atoms with van der Waals surface area (Å²) in [5.74, 6) is -0.604. The predicted octanol–water partition coefficient (Wildman–Crippen LogP) is 0.462. The summed E-state index contributed by atoms with van der Waals surface area (Å²) in [7, 11) is -3.61. The van der Waals surface area contributed by atoms with Crippen molar-refractivity contribution < 1.29 is 13.2 Å². The minimum absolute atomic E-state index is 0.0115. The van der Waals surface area contributed by atoms with E-state index in [1.807, 2.05) is 4.72 Å². The van der Waals surface area contributed by atoms with E-state index in [1.165, 1.54) is 18.2 Å². The summed E-state index contributed by atoms with van der Waals surface area (Å²) in [5.41, 5.74) is 0.137. The summed E-state index contributed by atoms with van der Waals surface area (Å²) in [6.07, 6.45) is 4.12. The highest BCUT2D eigenvalue weighted by atomic mass is 32.2. The zero-order valence-corrected chi connectivity index (χ0v) is 7.89. The molecule has 0 atom stereocenters. The summed E-state index contributed by atoms with van der Waals surface area (Å²) in [6, 6.07) is 0. The van der Waals surface area contributed by atoms with Gasteiger partial charge in [0.1, 0.15) is 0 Å². The summed E-state index contributed by atoms with van der Waals surface area (Å²) in [4.78, 5) is 11.1. The van der Waals surface area contributed by atoms with Gasteiger partial charge in [0.05, 0.1) is 10.5 Å². The molecule has 0 bridgehead atoms. The van der Waals surface area contributed by atoms with Crippen molar-refractivity contribution >= 4 is 15.9 Å². The molecule has 1 rings (SSSR count). The summed E-state index contributed by atoms with van der Waals surface area (Å²) in [5, 5.41) is 0. The van der Waals surface area contributed by atoms with Crippen LogP contribution in [0.4, 0.5) is 0 Å². The Kier molecular flexibility index (Phi) is 2.38. The van der Waals surface area contributed by atoms with Crippen LogP contribution >= 0.6 is 0 Å². The first-order valence-corrected chi connectivity index (χ1v) is 5.08. The van der Waals surface area contributed by atoms with E-state index in [0.29, 0.717) is 0 Å². The highest BCUT2D eigenvalue weighted by Gasteiger charge is 2.34. The van der Waals surface area contributed by atoms with E-state index in [2.05, 4.69) is 6.58 Å². The second-order valence-electron chi connectivity index (χ2n) is 2.40. The van der Waals surface area contributed by atoms with Gasteiger partial charge >= 0.3 is 0 Å². The van der Waals surface area contributed by atoms with Gasteiger partial charge in [-0.2, -0.15) is 0 Å². The molecule has 1 aliphatic rings. The van der Waals surface area contributed by atoms with Crippen LogP contribution in [0.2, 0.25) is 0 Å². The van der Waals surface area contributed by atoms with E-state index in [-0.39, 0.29) is 10.5 Å². The summed E-state index contributed by atoms with van der Waals surface area (Å²) in [6.45, 7) is 4.96. The zero-order valence-electron chi connectivity index (χ0n) is 7.07. The summed E-state index contributed by atoms with van der Waals surface area (Å²) < 4.78 is 24.3. The van der Waals surface area contributed by atoms with Crippen LogP contribution in [0.15, 0.2) is 35.3 Å². The third kappa shape index (κ3) is 1.55. The molecule has 5 heteroatoms. The number of allylic oxidation sites excluding steroid dienone is 3. The molecule has 0 aliphatic carbocycles. The minimum atomic E-state index is -3.61. The second-order valence-corrected chi connectivity index (χ2v) is 4.05. The molecule has 13 heavy (non-hydrogen) atoms. The van der Waals surface area contributed by atoms with Crippen molar-refractivity contribution in [1.29, 1.82) is 0 Å². The molecule has 1 aliphatic heterocycles. The van der Waals surface area contributed by atoms with Gasteiger partial charge in [0.15, 0.2) is 0 Å². The lowest BCUT2D eigenvalue weighted by molar-refractivity contribution is -0.115. The van der Waals surface area contributed by atoms with Gasteiger partial charge in [0.2, 0.25) is 0 Å². The number of hydrogen-bond acceptors (Lipinski definition) is 3. The SMILES string of the molecule is C=C/C=C1/C(=O)NS(=O)(=O)/C1=C/C. The Hall–Kier alpha value is -1.36. The van der Waals surface area contributed by atoms with Gasteiger partial charge in [-0.1, -0.05) is 18.7 Å². The van der Waals surface area contributed by atoms with Crippen LogP contribution < -0.4 is 4.72 Å². The van der Waals surface area contributed by atoms with E-state index < -0.39 is 15.9 Å². The molecule has 1 fully saturated rings. The van der Waals surface area contributed by atoms with Gasteiger partial charge in [0.25, 0.3) is 15.9 Å². The van der Waals surface area contributed by atoms with Gasteiger partial charge in [-0.05, 0) is 13.0 Å². The lowest BCUT2D eigenvalue weighted by Crippen LogP contribution is -2.20. The van der Waals surface area contributed by atoms with Crippen molar-refractivity contribution in [2.24, 2.45) is 0 Å². The molecule has 0 spiro atoms. The van der Waals surface area contributed by atoms with E-state index >= 15 is 0 Å². The molecule has 0 aromatic rings. The molecule has 1 N–H and O–H groups in total. The van der Waals surface area contributed by atoms with Crippen LogP contribution in [0.25, 0.3) is 0 Å². The number of hydrogen-bond donors (Lipinski definition) is 1.